The van der Waals surface area contributed by atoms with Gasteiger partial charge in [-0.05, 0) is 29.7 Å². The van der Waals surface area contributed by atoms with Crippen LogP contribution in [0.4, 0.5) is 0 Å². The molecule has 4 N–H and O–H groups in total. The van der Waals surface area contributed by atoms with E-state index in [1.807, 2.05) is 70.5 Å². The minimum Gasteiger partial charge on any atom is -0.501 e. The molecule has 0 saturated carbocycles. The second-order valence-electron chi connectivity index (χ2n) is 7.36. The first-order valence-electron chi connectivity index (χ1n) is 9.94. The van der Waals surface area contributed by atoms with Gasteiger partial charge in [0.15, 0.2) is 5.69 Å². The van der Waals surface area contributed by atoms with Gasteiger partial charge in [0, 0.05) is 11.8 Å². The lowest BCUT2D eigenvalue weighted by Crippen LogP contribution is -2.32. The molecule has 9 heteroatoms. The fourth-order valence-electron chi connectivity index (χ4n) is 3.35. The maximum Gasteiger partial charge on any atom is 0.326 e. The van der Waals surface area contributed by atoms with Gasteiger partial charge in [-0.25, -0.2) is 4.79 Å². The number of amides is 1. The zero-order valence-electron chi connectivity index (χ0n) is 17.2. The van der Waals surface area contributed by atoms with E-state index in [4.69, 9.17) is 0 Å². The number of aromatic amines is 2. The number of rotatable bonds is 6. The molecule has 0 aliphatic rings. The molecule has 1 atom stereocenters. The van der Waals surface area contributed by atoms with Crippen molar-refractivity contribution in [3.63, 3.8) is 0 Å². The molecule has 0 aliphatic heterocycles. The van der Waals surface area contributed by atoms with Crippen LogP contribution in [0, 0.1) is 0 Å². The Balaban J connectivity index is 1.51. The average molecular weight is 431 g/mol. The van der Waals surface area contributed by atoms with Gasteiger partial charge in [-0.1, -0.05) is 48.5 Å². The Labute approximate surface area is 182 Å². The Hall–Kier alpha value is -4.40. The molecule has 0 aliphatic carbocycles. The van der Waals surface area contributed by atoms with Crippen LogP contribution in [-0.2, 0) is 6.54 Å². The number of hydrogen-bond acceptors (Lipinski definition) is 5. The summed E-state index contributed by atoms with van der Waals surface area (Å²) < 4.78 is 1.86. The van der Waals surface area contributed by atoms with Gasteiger partial charge in [-0.3, -0.25) is 24.2 Å². The molecule has 0 bridgehead atoms. The Morgan fingerprint density at radius 1 is 1.09 bits per heavy atom. The molecule has 0 radical (unpaired) electrons. The highest BCUT2D eigenvalue weighted by molar-refractivity contribution is 5.94. The Morgan fingerprint density at radius 3 is 2.66 bits per heavy atom. The molecule has 0 saturated heterocycles. The number of nitrogens with one attached hydrogen (secondary N) is 3. The third-order valence-electron chi connectivity index (χ3n) is 5.03. The molecule has 4 rings (SSSR count). The van der Waals surface area contributed by atoms with E-state index in [0.717, 1.165) is 22.3 Å². The van der Waals surface area contributed by atoms with E-state index in [0.29, 0.717) is 6.54 Å². The summed E-state index contributed by atoms with van der Waals surface area (Å²) in [4.78, 5) is 39.4. The molecule has 4 aromatic rings. The molecule has 0 spiro atoms. The SMILES string of the molecule is CC(NC(=O)c1[nH]c(=O)[nH]c(=O)c1O)c1cccc(-c2cnn(Cc3ccccc3)c2)c1. The average Bonchev–Trinajstić information content (AvgIpc) is 3.25. The van der Waals surface area contributed by atoms with Crippen molar-refractivity contribution in [2.45, 2.75) is 19.5 Å². The first kappa shape index (κ1) is 20.9. The number of carbonyl (C=O) groups is 1. The Kier molecular flexibility index (Phi) is 5.71. The van der Waals surface area contributed by atoms with Gasteiger partial charge in [0.05, 0.1) is 18.8 Å². The third kappa shape index (κ3) is 4.51. The van der Waals surface area contributed by atoms with Crippen LogP contribution in [0.2, 0.25) is 0 Å². The van der Waals surface area contributed by atoms with Gasteiger partial charge in [-0.2, -0.15) is 5.10 Å². The normalized spacial score (nSPS) is 11.8. The van der Waals surface area contributed by atoms with Gasteiger partial charge in [0.2, 0.25) is 5.75 Å². The molecule has 9 nitrogen and oxygen atoms in total. The lowest BCUT2D eigenvalue weighted by Gasteiger charge is -2.15. The van der Waals surface area contributed by atoms with E-state index in [1.54, 1.807) is 13.1 Å². The van der Waals surface area contributed by atoms with Gasteiger partial charge in [0.1, 0.15) is 0 Å². The van der Waals surface area contributed by atoms with E-state index in [-0.39, 0.29) is 0 Å². The summed E-state index contributed by atoms with van der Waals surface area (Å²) in [6.07, 6.45) is 3.73. The summed E-state index contributed by atoms with van der Waals surface area (Å²) in [6.45, 7) is 2.42. The maximum absolute atomic E-state index is 12.5. The molecule has 2 aromatic carbocycles. The quantitative estimate of drug-likeness (QED) is 0.371. The number of hydrogen-bond donors (Lipinski definition) is 4. The van der Waals surface area contributed by atoms with Gasteiger partial charge in [0.25, 0.3) is 11.5 Å². The monoisotopic (exact) mass is 431 g/mol. The first-order chi connectivity index (χ1) is 15.4. The van der Waals surface area contributed by atoms with Crippen molar-refractivity contribution >= 4 is 5.91 Å². The second-order valence-corrected chi connectivity index (χ2v) is 7.36. The van der Waals surface area contributed by atoms with Crippen molar-refractivity contribution in [2.24, 2.45) is 0 Å². The smallest absolute Gasteiger partial charge is 0.326 e. The van der Waals surface area contributed by atoms with E-state index >= 15 is 0 Å². The lowest BCUT2D eigenvalue weighted by molar-refractivity contribution is 0.0931. The van der Waals surface area contributed by atoms with Crippen molar-refractivity contribution < 1.29 is 9.90 Å². The minimum atomic E-state index is -1.03. The number of H-pyrrole nitrogens is 2. The summed E-state index contributed by atoms with van der Waals surface area (Å²) in [5.74, 6) is -1.60. The van der Waals surface area contributed by atoms with Crippen molar-refractivity contribution in [1.82, 2.24) is 25.1 Å². The van der Waals surface area contributed by atoms with Crippen LogP contribution in [0.15, 0.2) is 76.6 Å². The van der Waals surface area contributed by atoms with Crippen LogP contribution in [0.5, 0.6) is 5.75 Å². The zero-order chi connectivity index (χ0) is 22.7. The fourth-order valence-corrected chi connectivity index (χ4v) is 3.35. The van der Waals surface area contributed by atoms with Gasteiger partial charge in [-0.15, -0.1) is 0 Å². The van der Waals surface area contributed by atoms with E-state index in [1.165, 1.54) is 0 Å². The van der Waals surface area contributed by atoms with Crippen LogP contribution in [0.25, 0.3) is 11.1 Å². The van der Waals surface area contributed by atoms with Gasteiger partial charge < -0.3 is 10.4 Å². The van der Waals surface area contributed by atoms with Crippen molar-refractivity contribution in [2.75, 3.05) is 0 Å². The first-order valence-corrected chi connectivity index (χ1v) is 9.94. The highest BCUT2D eigenvalue weighted by atomic mass is 16.3. The Morgan fingerprint density at radius 2 is 1.88 bits per heavy atom. The summed E-state index contributed by atoms with van der Waals surface area (Å²) in [5.41, 5.74) is 1.42. The van der Waals surface area contributed by atoms with Crippen LogP contribution in [-0.4, -0.2) is 30.8 Å². The molecule has 2 aromatic heterocycles. The zero-order valence-corrected chi connectivity index (χ0v) is 17.2. The topological polar surface area (TPSA) is 133 Å². The largest absolute Gasteiger partial charge is 0.501 e. The molecule has 2 heterocycles. The molecule has 162 valence electrons. The number of benzene rings is 2. The molecule has 32 heavy (non-hydrogen) atoms. The third-order valence-corrected chi connectivity index (χ3v) is 5.03. The maximum atomic E-state index is 12.5. The highest BCUT2D eigenvalue weighted by Gasteiger charge is 2.18. The van der Waals surface area contributed by atoms with Crippen molar-refractivity contribution in [3.8, 4) is 16.9 Å². The number of aromatic nitrogens is 4. The van der Waals surface area contributed by atoms with Crippen LogP contribution in [0.1, 0.15) is 34.6 Å². The summed E-state index contributed by atoms with van der Waals surface area (Å²) >= 11 is 0. The Bertz CT molecular complexity index is 1370. The van der Waals surface area contributed by atoms with E-state index in [9.17, 15) is 19.5 Å². The van der Waals surface area contributed by atoms with E-state index < -0.39 is 34.6 Å². The summed E-state index contributed by atoms with van der Waals surface area (Å²) in [7, 11) is 0. The van der Waals surface area contributed by atoms with Crippen LogP contribution < -0.4 is 16.6 Å². The van der Waals surface area contributed by atoms with Crippen molar-refractivity contribution in [3.05, 3.63) is 105 Å². The minimum absolute atomic E-state index is 0.455. The molecule has 1 amide bonds. The van der Waals surface area contributed by atoms with Gasteiger partial charge >= 0.3 is 5.69 Å². The standard InChI is InChI=1S/C23H21N5O4/c1-14(25-21(30)19-20(29)22(31)27-23(32)26-19)16-8-5-9-17(10-16)18-11-24-28(13-18)12-15-6-3-2-4-7-15/h2-11,13-14,29H,12H2,1H3,(H,25,30)(H2,26,27,31,32). The number of carbonyl (C=O) groups excluding carboxylic acids is 1. The number of aromatic hydroxyl groups is 1. The van der Waals surface area contributed by atoms with Crippen LogP contribution >= 0.6 is 0 Å². The molecule has 1 unspecified atom stereocenters. The predicted octanol–water partition coefficient (Wildman–Crippen LogP) is 2.17. The summed E-state index contributed by atoms with van der Waals surface area (Å²) in [5, 5.41) is 16.9. The molecular formula is C23H21N5O4. The lowest BCUT2D eigenvalue weighted by atomic mass is 10.0. The highest BCUT2D eigenvalue weighted by Crippen LogP contribution is 2.23. The predicted molar refractivity (Wildman–Crippen MR) is 118 cm³/mol. The van der Waals surface area contributed by atoms with Crippen molar-refractivity contribution in [1.29, 1.82) is 0 Å². The second kappa shape index (κ2) is 8.76. The van der Waals surface area contributed by atoms with E-state index in [2.05, 4.69) is 15.4 Å². The molecule has 0 fully saturated rings. The number of nitrogens with zero attached hydrogens (tertiary/aromatic N) is 2. The summed E-state index contributed by atoms with van der Waals surface area (Å²) in [6, 6.07) is 17.2. The fraction of sp³-hybridized carbons (Fsp3) is 0.130. The molecular weight excluding hydrogens is 410 g/mol. The van der Waals surface area contributed by atoms with Crippen LogP contribution in [0.3, 0.4) is 0 Å².